The van der Waals surface area contributed by atoms with Crippen molar-refractivity contribution in [1.29, 1.82) is 0 Å². The third-order valence-corrected chi connectivity index (χ3v) is 7.62. The maximum Gasteiger partial charge on any atom is 0.511 e. The van der Waals surface area contributed by atoms with Crippen LogP contribution in [0, 0.1) is 12.1 Å². The van der Waals surface area contributed by atoms with Gasteiger partial charge in [0.15, 0.2) is 11.2 Å². The lowest BCUT2D eigenvalue weighted by atomic mass is 10.1. The third kappa shape index (κ3) is 8.62. The molecular formula is C27H31F3N6O8S. The lowest BCUT2D eigenvalue weighted by Gasteiger charge is -2.29. The van der Waals surface area contributed by atoms with E-state index in [-0.39, 0.29) is 16.4 Å². The number of halogens is 3. The number of hydrogen-bond donors (Lipinski definition) is 1. The van der Waals surface area contributed by atoms with E-state index in [0.29, 0.717) is 10.6 Å². The quantitative estimate of drug-likeness (QED) is 0.0762. The number of aryl methyl sites for hydroxylation is 1. The van der Waals surface area contributed by atoms with Crippen molar-refractivity contribution in [3.8, 4) is 16.9 Å². The molecule has 1 N–H and O–H groups in total. The number of amides is 1. The highest BCUT2D eigenvalue weighted by Crippen LogP contribution is 2.33. The van der Waals surface area contributed by atoms with Gasteiger partial charge in [-0.2, -0.15) is 18.3 Å². The zero-order valence-electron chi connectivity index (χ0n) is 25.0. The summed E-state index contributed by atoms with van der Waals surface area (Å²) in [7, 11) is -3.39. The molecule has 14 nitrogen and oxygen atoms in total. The van der Waals surface area contributed by atoms with E-state index >= 15 is 0 Å². The molecule has 0 aliphatic heterocycles. The van der Waals surface area contributed by atoms with Crippen LogP contribution in [0.5, 0.6) is 0 Å². The Morgan fingerprint density at radius 2 is 1.71 bits per heavy atom. The van der Waals surface area contributed by atoms with Gasteiger partial charge in [0, 0.05) is 5.56 Å². The Kier molecular flexibility index (Phi) is 10.3. The number of aromatic nitrogens is 2. The number of benzene rings is 2. The molecule has 0 aliphatic rings. The van der Waals surface area contributed by atoms with Crippen LogP contribution in [-0.4, -0.2) is 65.7 Å². The summed E-state index contributed by atoms with van der Waals surface area (Å²) in [5.41, 5.74) is -1.37. The van der Waals surface area contributed by atoms with E-state index in [2.05, 4.69) is 20.0 Å². The largest absolute Gasteiger partial charge is 0.569 e. The fraction of sp³-hybridized carbons (Fsp3) is 0.370. The van der Waals surface area contributed by atoms with E-state index in [1.807, 2.05) is 11.6 Å². The second kappa shape index (κ2) is 13.4. The average Bonchev–Trinajstić information content (AvgIpc) is 3.41. The van der Waals surface area contributed by atoms with Crippen molar-refractivity contribution in [3.05, 3.63) is 71.1 Å². The number of alkyl halides is 3. The first-order chi connectivity index (χ1) is 20.8. The van der Waals surface area contributed by atoms with Gasteiger partial charge in [-0.15, -0.1) is 5.01 Å². The Balaban J connectivity index is 1.76. The minimum atomic E-state index is -4.73. The second-order valence-corrected chi connectivity index (χ2v) is 12.0. The second-order valence-electron chi connectivity index (χ2n) is 10.3. The molecule has 18 heteroatoms. The molecule has 3 rings (SSSR count). The first kappa shape index (κ1) is 34.6. The molecule has 0 aliphatic carbocycles. The lowest BCUT2D eigenvalue weighted by molar-refractivity contribution is -0.717. The average molecular weight is 657 g/mol. The molecule has 0 atom stereocenters. The van der Waals surface area contributed by atoms with Gasteiger partial charge in [-0.25, -0.2) is 22.6 Å². The van der Waals surface area contributed by atoms with E-state index in [1.165, 1.54) is 26.0 Å². The van der Waals surface area contributed by atoms with Crippen LogP contribution >= 0.6 is 0 Å². The Morgan fingerprint density at radius 3 is 2.27 bits per heavy atom. The summed E-state index contributed by atoms with van der Waals surface area (Å²) < 4.78 is 78.7. The van der Waals surface area contributed by atoms with Gasteiger partial charge < -0.3 is 19.5 Å². The molecule has 45 heavy (non-hydrogen) atoms. The van der Waals surface area contributed by atoms with Gasteiger partial charge >= 0.3 is 12.3 Å². The SMILES string of the molecule is Cc1ccc(-c2cc(C(F)(F)F)nn2-c2ccc(S(=O)(=O)NC(=O)C(C)(C)N(C)[N+]([O-])=NOCOC(=O)OC(C)C)cc2)cc1. The van der Waals surface area contributed by atoms with Crippen molar-refractivity contribution in [3.63, 3.8) is 0 Å². The van der Waals surface area contributed by atoms with Crippen LogP contribution in [0.2, 0.25) is 0 Å². The van der Waals surface area contributed by atoms with Crippen LogP contribution in [0.1, 0.15) is 39.0 Å². The molecule has 0 radical (unpaired) electrons. The summed E-state index contributed by atoms with van der Waals surface area (Å²) in [5.74, 6) is -1.13. The van der Waals surface area contributed by atoms with Gasteiger partial charge in [0.25, 0.3) is 22.7 Å². The van der Waals surface area contributed by atoms with Crippen LogP contribution < -0.4 is 4.72 Å². The summed E-state index contributed by atoms with van der Waals surface area (Å²) >= 11 is 0. The molecule has 2 aromatic carbocycles. The van der Waals surface area contributed by atoms with Crippen LogP contribution in [0.4, 0.5) is 18.0 Å². The molecule has 0 unspecified atom stereocenters. The third-order valence-electron chi connectivity index (χ3n) is 6.28. The normalized spacial score (nSPS) is 12.5. The van der Waals surface area contributed by atoms with Crippen molar-refractivity contribution in [2.24, 2.45) is 5.28 Å². The molecule has 0 saturated heterocycles. The van der Waals surface area contributed by atoms with Crippen molar-refractivity contribution in [2.75, 3.05) is 13.8 Å². The summed E-state index contributed by atoms with van der Waals surface area (Å²) in [5, 5.41) is 19.8. The summed E-state index contributed by atoms with van der Waals surface area (Å²) in [4.78, 5) is 28.3. The van der Waals surface area contributed by atoms with E-state index in [0.717, 1.165) is 35.5 Å². The Morgan fingerprint density at radius 1 is 1.11 bits per heavy atom. The van der Waals surface area contributed by atoms with Crippen molar-refractivity contribution in [2.45, 2.75) is 57.3 Å². The fourth-order valence-corrected chi connectivity index (χ4v) is 4.61. The van der Waals surface area contributed by atoms with Gasteiger partial charge in [-0.05, 0) is 65.0 Å². The van der Waals surface area contributed by atoms with Crippen molar-refractivity contribution < 1.29 is 50.5 Å². The zero-order valence-corrected chi connectivity index (χ0v) is 25.8. The highest BCUT2D eigenvalue weighted by Gasteiger charge is 2.41. The standard InChI is InChI=1S/C27H31F3N6O8S/c1-17(2)44-25(38)42-16-43-33-36(39)34(6)26(4,5)24(37)32-45(40,41)21-13-11-20(12-14-21)35-22(15-23(31-35)27(28,29)30)19-9-7-18(3)8-10-19/h7-15,17H,16H2,1-6H3,(H,32,37). The first-order valence-corrected chi connectivity index (χ1v) is 14.6. The number of rotatable bonds is 11. The van der Waals surface area contributed by atoms with Crippen molar-refractivity contribution >= 4 is 22.1 Å². The van der Waals surface area contributed by atoms with Gasteiger partial charge in [-0.1, -0.05) is 29.8 Å². The number of nitrogens with zero attached hydrogens (tertiary/aromatic N) is 5. The molecule has 1 amide bonds. The molecule has 0 saturated carbocycles. The zero-order chi connectivity index (χ0) is 33.7. The van der Waals surface area contributed by atoms with Crippen LogP contribution in [0.3, 0.4) is 0 Å². The molecule has 3 aromatic rings. The molecule has 244 valence electrons. The number of likely N-dealkylation sites (N-methyl/N-ethyl adjacent to an activating group) is 1. The van der Waals surface area contributed by atoms with Crippen LogP contribution in [0.15, 0.2) is 64.8 Å². The predicted octanol–water partition coefficient (Wildman–Crippen LogP) is 4.71. The maximum absolute atomic E-state index is 13.5. The highest BCUT2D eigenvalue weighted by atomic mass is 32.2. The van der Waals surface area contributed by atoms with E-state index in [1.54, 1.807) is 38.1 Å². The molecular weight excluding hydrogens is 625 g/mol. The smallest absolute Gasteiger partial charge is 0.511 e. The molecule has 0 fully saturated rings. The van der Waals surface area contributed by atoms with E-state index in [9.17, 15) is 36.4 Å². The number of carbonyl (C=O) groups is 2. The molecule has 1 heterocycles. The van der Waals surface area contributed by atoms with Crippen LogP contribution in [0.25, 0.3) is 16.9 Å². The van der Waals surface area contributed by atoms with Gasteiger partial charge in [-0.3, -0.25) is 4.79 Å². The predicted molar refractivity (Wildman–Crippen MR) is 151 cm³/mol. The first-order valence-electron chi connectivity index (χ1n) is 13.1. The minimum Gasteiger partial charge on any atom is -0.569 e. The Labute approximate surface area is 256 Å². The molecule has 0 bridgehead atoms. The van der Waals surface area contributed by atoms with Crippen molar-refractivity contribution in [1.82, 2.24) is 19.5 Å². The lowest BCUT2D eigenvalue weighted by Crippen LogP contribution is -2.56. The number of hydrogen-bond acceptors (Lipinski definition) is 10. The Bertz CT molecular complexity index is 1650. The van der Waals surface area contributed by atoms with Gasteiger partial charge in [0.2, 0.25) is 5.28 Å². The number of ether oxygens (including phenoxy) is 2. The number of hydrazine groups is 1. The highest BCUT2D eigenvalue weighted by molar-refractivity contribution is 7.90. The summed E-state index contributed by atoms with van der Waals surface area (Å²) in [6.45, 7) is 6.66. The van der Waals surface area contributed by atoms with Gasteiger partial charge in [0.1, 0.15) is 0 Å². The number of sulfonamides is 1. The number of nitrogens with one attached hydrogen (secondary N) is 1. The monoisotopic (exact) mass is 656 g/mol. The van der Waals surface area contributed by atoms with Crippen LogP contribution in [-0.2, 0) is 35.3 Å². The minimum absolute atomic E-state index is 0.120. The Hall–Kier alpha value is -4.87. The number of carbonyl (C=O) groups excluding carboxylic acids is 2. The van der Waals surface area contributed by atoms with E-state index in [4.69, 9.17) is 4.74 Å². The maximum atomic E-state index is 13.5. The summed E-state index contributed by atoms with van der Waals surface area (Å²) in [6, 6.07) is 12.2. The molecule has 0 spiro atoms. The fourth-order valence-electron chi connectivity index (χ4n) is 3.51. The summed E-state index contributed by atoms with van der Waals surface area (Å²) in [6.07, 6.45) is -6.25. The topological polar surface area (TPSA) is 167 Å². The van der Waals surface area contributed by atoms with Gasteiger partial charge in [0.05, 0.1) is 34.4 Å². The molecule has 1 aromatic heterocycles. The van der Waals surface area contributed by atoms with E-state index < -0.39 is 57.3 Å².